The zero-order valence-electron chi connectivity index (χ0n) is 19.2. The number of alkyl carbamates (subject to hydrolysis) is 1. The number of hydrogen-bond acceptors (Lipinski definition) is 7. The monoisotopic (exact) mass is 454 g/mol. The number of amides is 2. The van der Waals surface area contributed by atoms with Crippen molar-refractivity contribution in [3.63, 3.8) is 0 Å². The molecule has 180 valence electrons. The van der Waals surface area contributed by atoms with Crippen LogP contribution in [0.15, 0.2) is 15.7 Å². The van der Waals surface area contributed by atoms with Gasteiger partial charge in [-0.15, -0.1) is 0 Å². The molecule has 12 heteroatoms. The summed E-state index contributed by atoms with van der Waals surface area (Å²) in [6, 6.07) is -1.78. The van der Waals surface area contributed by atoms with Crippen molar-refractivity contribution >= 4 is 23.9 Å². The SMILES string of the molecule is CC[C@H](C)[C@H](NC(=O)OC(C)(C)C)c1nc(C(=O)N[C@@H](CCCN=C(N)N)C(=O)O)co1. The summed E-state index contributed by atoms with van der Waals surface area (Å²) >= 11 is 0. The molecule has 0 radical (unpaired) electrons. The average Bonchev–Trinajstić information content (AvgIpc) is 3.16. The first kappa shape index (κ1) is 26.7. The van der Waals surface area contributed by atoms with Crippen LogP contribution in [0.3, 0.4) is 0 Å². The Labute approximate surface area is 187 Å². The number of nitrogens with one attached hydrogen (secondary N) is 2. The van der Waals surface area contributed by atoms with Crippen LogP contribution in [0, 0.1) is 5.92 Å². The summed E-state index contributed by atoms with van der Waals surface area (Å²) in [4.78, 5) is 44.1. The molecule has 7 N–H and O–H groups in total. The minimum atomic E-state index is -1.20. The largest absolute Gasteiger partial charge is 0.480 e. The van der Waals surface area contributed by atoms with Crippen molar-refractivity contribution in [2.75, 3.05) is 6.54 Å². The number of ether oxygens (including phenoxy) is 1. The summed E-state index contributed by atoms with van der Waals surface area (Å²) in [6.45, 7) is 9.30. The second-order valence-corrected chi connectivity index (χ2v) is 8.39. The van der Waals surface area contributed by atoms with Gasteiger partial charge in [-0.05, 0) is 39.5 Å². The van der Waals surface area contributed by atoms with Gasteiger partial charge in [-0.3, -0.25) is 9.79 Å². The summed E-state index contributed by atoms with van der Waals surface area (Å²) in [5.74, 6) is -1.95. The maximum absolute atomic E-state index is 12.5. The quantitative estimate of drug-likeness (QED) is 0.187. The highest BCUT2D eigenvalue weighted by atomic mass is 16.6. The maximum Gasteiger partial charge on any atom is 0.408 e. The van der Waals surface area contributed by atoms with Crippen LogP contribution in [-0.4, -0.2) is 52.2 Å². The fraction of sp³-hybridized carbons (Fsp3) is 0.650. The van der Waals surface area contributed by atoms with Gasteiger partial charge < -0.3 is 36.4 Å². The molecule has 0 fully saturated rings. The molecule has 0 bridgehead atoms. The van der Waals surface area contributed by atoms with Gasteiger partial charge in [-0.1, -0.05) is 20.3 Å². The molecule has 0 aromatic carbocycles. The number of nitrogens with zero attached hydrogens (tertiary/aromatic N) is 2. The van der Waals surface area contributed by atoms with E-state index in [-0.39, 0.29) is 36.4 Å². The highest BCUT2D eigenvalue weighted by molar-refractivity contribution is 5.94. The Hall–Kier alpha value is -3.31. The van der Waals surface area contributed by atoms with Crippen molar-refractivity contribution in [2.24, 2.45) is 22.4 Å². The van der Waals surface area contributed by atoms with Crippen LogP contribution in [0.1, 0.15) is 76.3 Å². The third-order valence-electron chi connectivity index (χ3n) is 4.45. The minimum absolute atomic E-state index is 0.0700. The molecule has 0 saturated carbocycles. The molecule has 0 aliphatic rings. The van der Waals surface area contributed by atoms with Gasteiger partial charge in [0.15, 0.2) is 11.7 Å². The van der Waals surface area contributed by atoms with Crippen LogP contribution in [-0.2, 0) is 9.53 Å². The number of oxazole rings is 1. The summed E-state index contributed by atoms with van der Waals surface area (Å²) in [5.41, 5.74) is 9.68. The second kappa shape index (κ2) is 11.9. The molecule has 3 atom stereocenters. The van der Waals surface area contributed by atoms with Crippen molar-refractivity contribution in [2.45, 2.75) is 71.6 Å². The van der Waals surface area contributed by atoms with E-state index in [1.54, 1.807) is 20.8 Å². The van der Waals surface area contributed by atoms with Crippen LogP contribution in [0.25, 0.3) is 0 Å². The molecular weight excluding hydrogens is 420 g/mol. The normalized spacial score (nSPS) is 14.0. The number of aliphatic carboxylic acids is 1. The summed E-state index contributed by atoms with van der Waals surface area (Å²) in [5, 5.41) is 14.5. The Morgan fingerprint density at radius 2 is 1.94 bits per heavy atom. The lowest BCUT2D eigenvalue weighted by Gasteiger charge is -2.25. The number of carboxylic acid groups (broad SMARTS) is 1. The Morgan fingerprint density at radius 3 is 2.47 bits per heavy atom. The first-order chi connectivity index (χ1) is 14.8. The minimum Gasteiger partial charge on any atom is -0.480 e. The predicted octanol–water partition coefficient (Wildman–Crippen LogP) is 1.52. The lowest BCUT2D eigenvalue weighted by molar-refractivity contribution is -0.139. The number of carbonyl (C=O) groups is 3. The van der Waals surface area contributed by atoms with Crippen LogP contribution >= 0.6 is 0 Å². The molecule has 1 aromatic heterocycles. The Morgan fingerprint density at radius 1 is 1.28 bits per heavy atom. The topological polar surface area (TPSA) is 195 Å². The first-order valence-corrected chi connectivity index (χ1v) is 10.4. The third-order valence-corrected chi connectivity index (χ3v) is 4.45. The number of nitrogens with two attached hydrogens (primary N) is 2. The maximum atomic E-state index is 12.5. The fourth-order valence-corrected chi connectivity index (χ4v) is 2.65. The number of carbonyl (C=O) groups excluding carboxylic acids is 2. The molecule has 0 saturated heterocycles. The standard InChI is InChI=1S/C20H34N6O6/c1-6-11(2)14(26-19(30)32-20(3,4)5)16-25-13(10-31-16)15(27)24-12(17(28)29)8-7-9-23-18(21)22/h10-12,14H,6-9H2,1-5H3,(H,24,27)(H,26,30)(H,28,29)(H4,21,22,23)/t11-,12-,14-/m0/s1. The predicted molar refractivity (Wildman–Crippen MR) is 117 cm³/mol. The van der Waals surface area contributed by atoms with E-state index in [2.05, 4.69) is 20.6 Å². The number of carboxylic acids is 1. The Balaban J connectivity index is 2.88. The van der Waals surface area contributed by atoms with Gasteiger partial charge in [0.1, 0.15) is 23.9 Å². The molecule has 0 unspecified atom stereocenters. The van der Waals surface area contributed by atoms with Crippen molar-refractivity contribution in [3.8, 4) is 0 Å². The van der Waals surface area contributed by atoms with Crippen LogP contribution in [0.4, 0.5) is 4.79 Å². The van der Waals surface area contributed by atoms with Crippen LogP contribution in [0.2, 0.25) is 0 Å². The van der Waals surface area contributed by atoms with Gasteiger partial charge >= 0.3 is 12.1 Å². The number of aromatic nitrogens is 1. The highest BCUT2D eigenvalue weighted by Crippen LogP contribution is 2.24. The van der Waals surface area contributed by atoms with Crippen LogP contribution < -0.4 is 22.1 Å². The van der Waals surface area contributed by atoms with Gasteiger partial charge in [0.25, 0.3) is 5.91 Å². The van der Waals surface area contributed by atoms with E-state index in [4.69, 9.17) is 20.6 Å². The van der Waals surface area contributed by atoms with E-state index in [0.717, 1.165) is 6.26 Å². The zero-order chi connectivity index (χ0) is 24.5. The fourth-order valence-electron chi connectivity index (χ4n) is 2.65. The summed E-state index contributed by atoms with van der Waals surface area (Å²) in [6.07, 6.45) is 1.66. The molecule has 1 heterocycles. The molecule has 1 aromatic rings. The van der Waals surface area contributed by atoms with Crippen molar-refractivity contribution in [1.29, 1.82) is 0 Å². The third kappa shape index (κ3) is 9.23. The highest BCUT2D eigenvalue weighted by Gasteiger charge is 2.29. The molecule has 1 rings (SSSR count). The first-order valence-electron chi connectivity index (χ1n) is 10.4. The molecule has 12 nitrogen and oxygen atoms in total. The molecule has 0 aliphatic carbocycles. The average molecular weight is 455 g/mol. The Kier molecular flexibility index (Phi) is 9.95. The van der Waals surface area contributed by atoms with Crippen LogP contribution in [0.5, 0.6) is 0 Å². The molecule has 32 heavy (non-hydrogen) atoms. The second-order valence-electron chi connectivity index (χ2n) is 8.39. The van der Waals surface area contributed by atoms with E-state index in [1.165, 1.54) is 0 Å². The van der Waals surface area contributed by atoms with E-state index < -0.39 is 35.7 Å². The lowest BCUT2D eigenvalue weighted by atomic mass is 9.99. The lowest BCUT2D eigenvalue weighted by Crippen LogP contribution is -2.41. The summed E-state index contributed by atoms with van der Waals surface area (Å²) < 4.78 is 10.7. The van der Waals surface area contributed by atoms with E-state index in [9.17, 15) is 19.5 Å². The zero-order valence-corrected chi connectivity index (χ0v) is 19.2. The molecule has 0 aliphatic heterocycles. The summed E-state index contributed by atoms with van der Waals surface area (Å²) in [7, 11) is 0. The molecular formula is C20H34N6O6. The van der Waals surface area contributed by atoms with Gasteiger partial charge in [0, 0.05) is 6.54 Å². The van der Waals surface area contributed by atoms with E-state index in [1.807, 2.05) is 13.8 Å². The van der Waals surface area contributed by atoms with Crippen molar-refractivity contribution in [3.05, 3.63) is 17.8 Å². The smallest absolute Gasteiger partial charge is 0.408 e. The van der Waals surface area contributed by atoms with Gasteiger partial charge in [0.05, 0.1) is 0 Å². The van der Waals surface area contributed by atoms with Crippen molar-refractivity contribution in [1.82, 2.24) is 15.6 Å². The molecule has 2 amide bonds. The number of rotatable bonds is 11. The number of guanidine groups is 1. The van der Waals surface area contributed by atoms with Gasteiger partial charge in [-0.25, -0.2) is 14.6 Å². The number of hydrogen-bond donors (Lipinski definition) is 5. The van der Waals surface area contributed by atoms with Gasteiger partial charge in [-0.2, -0.15) is 0 Å². The van der Waals surface area contributed by atoms with Crippen molar-refractivity contribution < 1.29 is 28.6 Å². The van der Waals surface area contributed by atoms with E-state index >= 15 is 0 Å². The van der Waals surface area contributed by atoms with E-state index in [0.29, 0.717) is 12.8 Å². The molecule has 0 spiro atoms. The van der Waals surface area contributed by atoms with Gasteiger partial charge in [0.2, 0.25) is 5.89 Å². The number of aliphatic imine (C=N–C) groups is 1. The Bertz CT molecular complexity index is 812.